The Hall–Kier alpha value is -1.76. The number of carbonyl (C=O) groups is 1. The highest BCUT2D eigenvalue weighted by Crippen LogP contribution is 2.39. The molecule has 1 aromatic carbocycles. The van der Waals surface area contributed by atoms with Gasteiger partial charge in [-0.2, -0.15) is 0 Å². The summed E-state index contributed by atoms with van der Waals surface area (Å²) in [5, 5.41) is -0.339. The largest absolute Gasteiger partial charge is 0.490 e. The molecule has 2 aliphatic rings. The molecule has 1 amide bonds. The molecule has 3 rings (SSSR count). The summed E-state index contributed by atoms with van der Waals surface area (Å²) in [6, 6.07) is 5.20. The van der Waals surface area contributed by atoms with E-state index in [0.29, 0.717) is 43.1 Å². The molecule has 1 N–H and O–H groups in total. The first-order valence-electron chi connectivity index (χ1n) is 9.85. The van der Waals surface area contributed by atoms with Crippen molar-refractivity contribution in [1.29, 1.82) is 0 Å². The normalized spacial score (nSPS) is 20.6. The molecule has 0 radical (unpaired) electrons. The van der Waals surface area contributed by atoms with Gasteiger partial charge in [0.2, 0.25) is 15.9 Å². The number of nitrogens with zero attached hydrogens (tertiary/aromatic N) is 1. The minimum atomic E-state index is -3.43. The van der Waals surface area contributed by atoms with Crippen molar-refractivity contribution in [2.45, 2.75) is 64.5 Å². The van der Waals surface area contributed by atoms with Crippen LogP contribution in [0, 0.1) is 5.41 Å². The summed E-state index contributed by atoms with van der Waals surface area (Å²) in [5.41, 5.74) is 0.489. The summed E-state index contributed by atoms with van der Waals surface area (Å²) in [6.07, 6.45) is 5.23. The Bertz CT molecular complexity index is 798. The molecule has 0 aromatic heterocycles. The zero-order chi connectivity index (χ0) is 19.7. The second-order valence-electron chi connectivity index (χ2n) is 8.22. The average Bonchev–Trinajstić information content (AvgIpc) is 2.73. The van der Waals surface area contributed by atoms with Gasteiger partial charge in [0.25, 0.3) is 0 Å². The molecule has 1 saturated carbocycles. The SMILES string of the molecule is CCCN1C(=O)C(C)(C)COc2ccc(NS(=O)(=O)C3CCCCC3)cc21. The van der Waals surface area contributed by atoms with Crippen LogP contribution >= 0.6 is 0 Å². The number of nitrogens with one attached hydrogen (secondary N) is 1. The second kappa shape index (κ2) is 7.70. The van der Waals surface area contributed by atoms with Gasteiger partial charge in [-0.25, -0.2) is 8.42 Å². The van der Waals surface area contributed by atoms with Crippen molar-refractivity contribution in [1.82, 2.24) is 0 Å². The van der Waals surface area contributed by atoms with Crippen LogP contribution in [0.1, 0.15) is 59.3 Å². The Labute approximate surface area is 162 Å². The van der Waals surface area contributed by atoms with E-state index < -0.39 is 15.4 Å². The lowest BCUT2D eigenvalue weighted by Gasteiger charge is -2.28. The van der Waals surface area contributed by atoms with Crippen molar-refractivity contribution in [3.05, 3.63) is 18.2 Å². The first kappa shape index (κ1) is 20.0. The van der Waals surface area contributed by atoms with Crippen LogP contribution in [0.25, 0.3) is 0 Å². The summed E-state index contributed by atoms with van der Waals surface area (Å²) in [6.45, 7) is 6.62. The van der Waals surface area contributed by atoms with Crippen LogP contribution in [0.15, 0.2) is 18.2 Å². The van der Waals surface area contributed by atoms with E-state index in [1.807, 2.05) is 20.8 Å². The number of carbonyl (C=O) groups excluding carboxylic acids is 1. The van der Waals surface area contributed by atoms with E-state index in [1.54, 1.807) is 23.1 Å². The monoisotopic (exact) mass is 394 g/mol. The Morgan fingerprint density at radius 1 is 1.22 bits per heavy atom. The van der Waals surface area contributed by atoms with Crippen LogP contribution in [0.2, 0.25) is 0 Å². The predicted molar refractivity (Wildman–Crippen MR) is 108 cm³/mol. The Morgan fingerprint density at radius 2 is 1.93 bits per heavy atom. The minimum absolute atomic E-state index is 0.00427. The van der Waals surface area contributed by atoms with Gasteiger partial charge in [0, 0.05) is 6.54 Å². The molecule has 1 aromatic rings. The zero-order valence-electron chi connectivity index (χ0n) is 16.5. The molecular weight excluding hydrogens is 364 g/mol. The lowest BCUT2D eigenvalue weighted by Crippen LogP contribution is -2.42. The topological polar surface area (TPSA) is 75.7 Å². The summed E-state index contributed by atoms with van der Waals surface area (Å²) < 4.78 is 34.1. The van der Waals surface area contributed by atoms with Crippen molar-refractivity contribution in [2.75, 3.05) is 22.8 Å². The first-order chi connectivity index (χ1) is 12.7. The van der Waals surface area contributed by atoms with Crippen molar-refractivity contribution < 1.29 is 17.9 Å². The van der Waals surface area contributed by atoms with Crippen LogP contribution in [0.3, 0.4) is 0 Å². The molecule has 6 nitrogen and oxygen atoms in total. The van der Waals surface area contributed by atoms with Crippen LogP contribution < -0.4 is 14.4 Å². The lowest BCUT2D eigenvalue weighted by molar-refractivity contribution is -0.127. The maximum Gasteiger partial charge on any atom is 0.236 e. The molecule has 7 heteroatoms. The van der Waals surface area contributed by atoms with E-state index in [-0.39, 0.29) is 11.2 Å². The van der Waals surface area contributed by atoms with Gasteiger partial charge in [-0.3, -0.25) is 9.52 Å². The van der Waals surface area contributed by atoms with Crippen molar-refractivity contribution in [2.24, 2.45) is 5.41 Å². The van der Waals surface area contributed by atoms with Gasteiger partial charge in [-0.05, 0) is 51.3 Å². The highest BCUT2D eigenvalue weighted by molar-refractivity contribution is 7.93. The summed E-state index contributed by atoms with van der Waals surface area (Å²) in [5.74, 6) is 0.610. The molecule has 0 bridgehead atoms. The molecule has 1 heterocycles. The maximum atomic E-state index is 13.0. The third-order valence-electron chi connectivity index (χ3n) is 5.36. The Kier molecular flexibility index (Phi) is 5.70. The molecule has 0 saturated heterocycles. The number of fused-ring (bicyclic) bond motifs is 1. The van der Waals surface area contributed by atoms with Gasteiger partial charge in [0.05, 0.1) is 22.0 Å². The van der Waals surface area contributed by atoms with Crippen molar-refractivity contribution in [3.63, 3.8) is 0 Å². The van der Waals surface area contributed by atoms with Crippen LogP contribution in [0.5, 0.6) is 5.75 Å². The number of hydrogen-bond donors (Lipinski definition) is 1. The van der Waals surface area contributed by atoms with E-state index >= 15 is 0 Å². The third-order valence-corrected chi connectivity index (χ3v) is 7.23. The average molecular weight is 395 g/mol. The van der Waals surface area contributed by atoms with E-state index in [4.69, 9.17) is 4.74 Å². The first-order valence-corrected chi connectivity index (χ1v) is 11.4. The molecule has 1 aliphatic carbocycles. The smallest absolute Gasteiger partial charge is 0.236 e. The molecule has 0 atom stereocenters. The number of amides is 1. The molecule has 150 valence electrons. The van der Waals surface area contributed by atoms with Crippen molar-refractivity contribution in [3.8, 4) is 5.75 Å². The fourth-order valence-electron chi connectivity index (χ4n) is 3.78. The number of ether oxygens (including phenoxy) is 1. The van der Waals surface area contributed by atoms with Crippen molar-refractivity contribution >= 4 is 27.3 Å². The van der Waals surface area contributed by atoms with Crippen LogP contribution in [-0.2, 0) is 14.8 Å². The number of anilines is 2. The fourth-order valence-corrected chi connectivity index (χ4v) is 5.35. The molecule has 1 fully saturated rings. The number of sulfonamides is 1. The van der Waals surface area contributed by atoms with E-state index in [2.05, 4.69) is 4.72 Å². The van der Waals surface area contributed by atoms with Gasteiger partial charge in [0.1, 0.15) is 12.4 Å². The minimum Gasteiger partial charge on any atom is -0.490 e. The molecular formula is C20H30N2O4S. The van der Waals surface area contributed by atoms with E-state index in [0.717, 1.165) is 25.7 Å². The Balaban J connectivity index is 1.91. The predicted octanol–water partition coefficient (Wildman–Crippen LogP) is 3.92. The summed E-state index contributed by atoms with van der Waals surface area (Å²) in [7, 11) is -3.43. The number of benzene rings is 1. The van der Waals surface area contributed by atoms with Gasteiger partial charge >= 0.3 is 0 Å². The summed E-state index contributed by atoms with van der Waals surface area (Å²) in [4.78, 5) is 14.7. The molecule has 0 spiro atoms. The summed E-state index contributed by atoms with van der Waals surface area (Å²) >= 11 is 0. The van der Waals surface area contributed by atoms with Crippen LogP contribution in [0.4, 0.5) is 11.4 Å². The standard InChI is InChI=1S/C20H30N2O4S/c1-4-12-22-17-13-15(21-27(24,25)16-8-6-5-7-9-16)10-11-18(17)26-14-20(2,3)19(22)23/h10-11,13,16,21H,4-9,12,14H2,1-3H3. The van der Waals surface area contributed by atoms with Gasteiger partial charge in [0.15, 0.2) is 0 Å². The van der Waals surface area contributed by atoms with Gasteiger partial charge in [-0.15, -0.1) is 0 Å². The van der Waals surface area contributed by atoms with E-state index in [1.165, 1.54) is 0 Å². The quantitative estimate of drug-likeness (QED) is 0.821. The highest BCUT2D eigenvalue weighted by Gasteiger charge is 2.37. The molecule has 27 heavy (non-hydrogen) atoms. The highest BCUT2D eigenvalue weighted by atomic mass is 32.2. The third kappa shape index (κ3) is 4.23. The van der Waals surface area contributed by atoms with Gasteiger partial charge < -0.3 is 9.64 Å². The van der Waals surface area contributed by atoms with E-state index in [9.17, 15) is 13.2 Å². The maximum absolute atomic E-state index is 13.0. The number of hydrogen-bond acceptors (Lipinski definition) is 4. The lowest BCUT2D eigenvalue weighted by atomic mass is 9.93. The molecule has 0 unspecified atom stereocenters. The Morgan fingerprint density at radius 3 is 2.59 bits per heavy atom. The zero-order valence-corrected chi connectivity index (χ0v) is 17.3. The number of rotatable bonds is 5. The van der Waals surface area contributed by atoms with Crippen LogP contribution in [-0.4, -0.2) is 32.7 Å². The molecule has 1 aliphatic heterocycles. The fraction of sp³-hybridized carbons (Fsp3) is 0.650. The van der Waals surface area contributed by atoms with Gasteiger partial charge in [-0.1, -0.05) is 26.2 Å². The second-order valence-corrected chi connectivity index (χ2v) is 10.2.